The van der Waals surface area contributed by atoms with Crippen LogP contribution in [0.15, 0.2) is 23.1 Å². The summed E-state index contributed by atoms with van der Waals surface area (Å²) in [5, 5.41) is 0.439. The topological polar surface area (TPSA) is 85.1 Å². The number of hydrogen-bond acceptors (Lipinski definition) is 5. The monoisotopic (exact) mass is 309 g/mol. The van der Waals surface area contributed by atoms with Gasteiger partial charge >= 0.3 is 0 Å². The number of aromatic nitrogens is 1. The van der Waals surface area contributed by atoms with E-state index in [2.05, 4.69) is 9.71 Å². The Balaban J connectivity index is 1.89. The van der Waals surface area contributed by atoms with Crippen LogP contribution in [0.2, 0.25) is 0 Å². The quantitative estimate of drug-likeness (QED) is 0.852. The van der Waals surface area contributed by atoms with E-state index in [0.29, 0.717) is 10.8 Å². The summed E-state index contributed by atoms with van der Waals surface area (Å²) < 4.78 is 27.1. The molecule has 2 aromatic rings. The smallest absolute Gasteiger partial charge is 0.263 e. The van der Waals surface area contributed by atoms with E-state index in [9.17, 15) is 8.42 Å². The Kier molecular flexibility index (Phi) is 3.18. The number of nitrogens with one attached hydrogen (secondary N) is 1. The molecule has 0 saturated heterocycles. The van der Waals surface area contributed by atoms with Gasteiger partial charge in [-0.3, -0.25) is 4.72 Å². The Morgan fingerprint density at radius 2 is 2.15 bits per heavy atom. The molecular formula is C13H15N3O2S2. The van der Waals surface area contributed by atoms with Gasteiger partial charge in [-0.1, -0.05) is 6.07 Å². The SMILES string of the molecule is Cc1ccc(S(=O)(=O)Nc2nc3c(s2)CCC3)cc1N. The second-order valence-electron chi connectivity index (χ2n) is 4.87. The first-order valence-electron chi connectivity index (χ1n) is 6.33. The minimum atomic E-state index is -3.62. The number of benzene rings is 1. The van der Waals surface area contributed by atoms with Crippen LogP contribution in [0.3, 0.4) is 0 Å². The standard InChI is InChI=1S/C13H15N3O2S2/c1-8-5-6-9(7-10(8)14)20(17,18)16-13-15-11-3-2-4-12(11)19-13/h5-7H,2-4,14H2,1H3,(H,15,16). The van der Waals surface area contributed by atoms with Crippen molar-refractivity contribution < 1.29 is 8.42 Å². The van der Waals surface area contributed by atoms with Crippen LogP contribution in [0, 0.1) is 6.92 Å². The van der Waals surface area contributed by atoms with Crippen molar-refractivity contribution in [3.8, 4) is 0 Å². The first kappa shape index (κ1) is 13.4. The molecule has 0 saturated carbocycles. The molecule has 3 rings (SSSR count). The Morgan fingerprint density at radius 1 is 1.35 bits per heavy atom. The third kappa shape index (κ3) is 2.38. The van der Waals surface area contributed by atoms with Crippen molar-refractivity contribution in [2.45, 2.75) is 31.1 Å². The Labute approximate surface area is 121 Å². The maximum absolute atomic E-state index is 12.3. The predicted octanol–water partition coefficient (Wildman–Crippen LogP) is 2.32. The van der Waals surface area contributed by atoms with Crippen molar-refractivity contribution in [1.29, 1.82) is 0 Å². The number of rotatable bonds is 3. The number of thiazole rings is 1. The van der Waals surface area contributed by atoms with E-state index in [-0.39, 0.29) is 4.90 Å². The van der Waals surface area contributed by atoms with E-state index >= 15 is 0 Å². The van der Waals surface area contributed by atoms with Crippen LogP contribution in [0.5, 0.6) is 0 Å². The molecule has 0 amide bonds. The summed E-state index contributed by atoms with van der Waals surface area (Å²) in [5.74, 6) is 0. The third-order valence-corrected chi connectivity index (χ3v) is 5.92. The molecule has 0 unspecified atom stereocenters. The molecule has 1 heterocycles. The van der Waals surface area contributed by atoms with Crippen LogP contribution in [0.4, 0.5) is 10.8 Å². The van der Waals surface area contributed by atoms with Gasteiger partial charge in [-0.25, -0.2) is 13.4 Å². The first-order valence-corrected chi connectivity index (χ1v) is 8.63. The zero-order valence-electron chi connectivity index (χ0n) is 11.0. The molecule has 106 valence electrons. The van der Waals surface area contributed by atoms with Crippen LogP contribution in [0.1, 0.15) is 22.6 Å². The highest BCUT2D eigenvalue weighted by Crippen LogP contribution is 2.31. The number of nitrogen functional groups attached to an aromatic ring is 1. The fourth-order valence-corrected chi connectivity index (χ4v) is 4.51. The average molecular weight is 309 g/mol. The third-order valence-electron chi connectivity index (χ3n) is 3.38. The highest BCUT2D eigenvalue weighted by atomic mass is 32.2. The molecule has 0 radical (unpaired) electrons. The number of fused-ring (bicyclic) bond motifs is 1. The van der Waals surface area contributed by atoms with Crippen molar-refractivity contribution in [1.82, 2.24) is 4.98 Å². The summed E-state index contributed by atoms with van der Waals surface area (Å²) in [5.41, 5.74) is 8.11. The van der Waals surface area contributed by atoms with Gasteiger partial charge < -0.3 is 5.73 Å². The van der Waals surface area contributed by atoms with Crippen LogP contribution < -0.4 is 10.5 Å². The Bertz CT molecular complexity index is 744. The number of sulfonamides is 1. The van der Waals surface area contributed by atoms with Crippen LogP contribution in [0.25, 0.3) is 0 Å². The van der Waals surface area contributed by atoms with Gasteiger partial charge in [-0.05, 0) is 43.9 Å². The number of hydrogen-bond donors (Lipinski definition) is 2. The van der Waals surface area contributed by atoms with Gasteiger partial charge in [0.15, 0.2) is 5.13 Å². The largest absolute Gasteiger partial charge is 0.398 e. The Morgan fingerprint density at radius 3 is 2.85 bits per heavy atom. The highest BCUT2D eigenvalue weighted by Gasteiger charge is 2.21. The highest BCUT2D eigenvalue weighted by molar-refractivity contribution is 7.93. The van der Waals surface area contributed by atoms with Crippen molar-refractivity contribution in [2.75, 3.05) is 10.5 Å². The maximum Gasteiger partial charge on any atom is 0.263 e. The summed E-state index contributed by atoms with van der Waals surface area (Å²) in [4.78, 5) is 5.69. The second kappa shape index (κ2) is 4.75. The normalized spacial score (nSPS) is 14.2. The van der Waals surface area contributed by atoms with Gasteiger partial charge in [-0.15, -0.1) is 11.3 Å². The number of aryl methyl sites for hydroxylation is 3. The average Bonchev–Trinajstić information content (AvgIpc) is 2.92. The summed E-state index contributed by atoms with van der Waals surface area (Å²) in [6, 6.07) is 4.72. The molecular weight excluding hydrogens is 294 g/mol. The van der Waals surface area contributed by atoms with E-state index in [1.807, 2.05) is 6.92 Å². The predicted molar refractivity (Wildman–Crippen MR) is 80.5 cm³/mol. The van der Waals surface area contributed by atoms with Crippen molar-refractivity contribution >= 4 is 32.2 Å². The summed E-state index contributed by atoms with van der Waals surface area (Å²) in [6.07, 6.45) is 3.03. The minimum absolute atomic E-state index is 0.163. The van der Waals surface area contributed by atoms with Gasteiger partial charge in [0.2, 0.25) is 0 Å². The maximum atomic E-state index is 12.3. The van der Waals surface area contributed by atoms with Gasteiger partial charge in [0.1, 0.15) is 0 Å². The van der Waals surface area contributed by atoms with Crippen LogP contribution in [-0.2, 0) is 22.9 Å². The molecule has 0 fully saturated rings. The second-order valence-corrected chi connectivity index (χ2v) is 7.63. The van der Waals surface area contributed by atoms with E-state index in [4.69, 9.17) is 5.73 Å². The molecule has 1 aromatic heterocycles. The zero-order chi connectivity index (χ0) is 14.3. The lowest BCUT2D eigenvalue weighted by molar-refractivity contribution is 0.601. The van der Waals surface area contributed by atoms with Gasteiger partial charge in [0.25, 0.3) is 10.0 Å². The number of nitrogens with zero attached hydrogens (tertiary/aromatic N) is 1. The zero-order valence-corrected chi connectivity index (χ0v) is 12.6. The molecule has 3 N–H and O–H groups in total. The molecule has 20 heavy (non-hydrogen) atoms. The summed E-state index contributed by atoms with van der Waals surface area (Å²) in [6.45, 7) is 1.84. The van der Waals surface area contributed by atoms with Crippen molar-refractivity contribution in [3.05, 3.63) is 34.3 Å². The molecule has 0 atom stereocenters. The molecule has 1 aromatic carbocycles. The summed E-state index contributed by atoms with van der Waals surface area (Å²) in [7, 11) is -3.62. The molecule has 0 bridgehead atoms. The molecule has 5 nitrogen and oxygen atoms in total. The van der Waals surface area contributed by atoms with Gasteiger partial charge in [0, 0.05) is 10.6 Å². The lowest BCUT2D eigenvalue weighted by atomic mass is 10.2. The number of anilines is 2. The molecule has 0 aliphatic heterocycles. The molecule has 1 aliphatic carbocycles. The van der Waals surface area contributed by atoms with E-state index < -0.39 is 10.0 Å². The lowest BCUT2D eigenvalue weighted by Crippen LogP contribution is -2.13. The molecule has 0 spiro atoms. The van der Waals surface area contributed by atoms with Crippen molar-refractivity contribution in [3.63, 3.8) is 0 Å². The minimum Gasteiger partial charge on any atom is -0.398 e. The lowest BCUT2D eigenvalue weighted by Gasteiger charge is -2.07. The number of nitrogens with two attached hydrogens (primary N) is 1. The summed E-state index contributed by atoms with van der Waals surface area (Å²) >= 11 is 1.42. The molecule has 1 aliphatic rings. The van der Waals surface area contributed by atoms with Gasteiger partial charge in [-0.2, -0.15) is 0 Å². The molecule has 7 heteroatoms. The van der Waals surface area contributed by atoms with E-state index in [1.54, 1.807) is 12.1 Å². The van der Waals surface area contributed by atoms with Crippen molar-refractivity contribution in [2.24, 2.45) is 0 Å². The van der Waals surface area contributed by atoms with E-state index in [0.717, 1.165) is 30.5 Å². The van der Waals surface area contributed by atoms with Crippen LogP contribution >= 0.6 is 11.3 Å². The fourth-order valence-electron chi connectivity index (χ4n) is 2.19. The fraction of sp³-hybridized carbons (Fsp3) is 0.308. The first-order chi connectivity index (χ1) is 9.45. The van der Waals surface area contributed by atoms with Crippen LogP contribution in [-0.4, -0.2) is 13.4 Å². The van der Waals surface area contributed by atoms with Gasteiger partial charge in [0.05, 0.1) is 10.6 Å². The Hall–Kier alpha value is -1.60. The van der Waals surface area contributed by atoms with E-state index in [1.165, 1.54) is 22.3 Å².